The van der Waals surface area contributed by atoms with Crippen LogP contribution in [-0.4, -0.2) is 23.0 Å². The smallest absolute Gasteiger partial charge is 0.187 e. The van der Waals surface area contributed by atoms with Crippen LogP contribution in [0, 0.1) is 6.92 Å². The summed E-state index contributed by atoms with van der Waals surface area (Å²) in [5.74, 6) is 1.01. The molecule has 0 aliphatic heterocycles. The van der Waals surface area contributed by atoms with Crippen molar-refractivity contribution in [1.29, 1.82) is 0 Å². The zero-order valence-electron chi connectivity index (χ0n) is 14.0. The molecule has 2 aromatic carbocycles. The molecule has 126 valence electrons. The van der Waals surface area contributed by atoms with Gasteiger partial charge in [-0.2, -0.15) is 5.10 Å². The van der Waals surface area contributed by atoms with Gasteiger partial charge in [0.15, 0.2) is 5.11 Å². The van der Waals surface area contributed by atoms with Gasteiger partial charge >= 0.3 is 0 Å². The lowest BCUT2D eigenvalue weighted by atomic mass is 10.1. The third-order valence-electron chi connectivity index (χ3n) is 3.48. The van der Waals surface area contributed by atoms with E-state index in [1.54, 1.807) is 13.2 Å². The maximum atomic E-state index is 9.90. The highest BCUT2D eigenvalue weighted by Gasteiger charge is 2.05. The van der Waals surface area contributed by atoms with E-state index in [1.807, 2.05) is 50.2 Å². The molecule has 0 fully saturated rings. The molecule has 2 aromatic rings. The van der Waals surface area contributed by atoms with E-state index in [4.69, 9.17) is 17.0 Å². The van der Waals surface area contributed by atoms with E-state index in [0.29, 0.717) is 22.9 Å². The molecule has 0 saturated heterocycles. The van der Waals surface area contributed by atoms with E-state index >= 15 is 0 Å². The monoisotopic (exact) mass is 343 g/mol. The molecule has 6 heteroatoms. The SMILES string of the molecule is COc1ccc(CNC(=S)N/N=C(\C)c2cc(C)ccc2O)cc1. The molecule has 2 rings (SSSR count). The number of aromatic hydroxyl groups is 1. The predicted octanol–water partition coefficient (Wildman–Crippen LogP) is 3.10. The highest BCUT2D eigenvalue weighted by molar-refractivity contribution is 7.80. The van der Waals surface area contributed by atoms with E-state index in [1.165, 1.54) is 0 Å². The number of hydrogen-bond acceptors (Lipinski definition) is 4. The number of hydrogen-bond donors (Lipinski definition) is 3. The number of methoxy groups -OCH3 is 1. The topological polar surface area (TPSA) is 65.9 Å². The van der Waals surface area contributed by atoms with Gasteiger partial charge in [0.2, 0.25) is 0 Å². The van der Waals surface area contributed by atoms with E-state index < -0.39 is 0 Å². The Hall–Kier alpha value is -2.60. The summed E-state index contributed by atoms with van der Waals surface area (Å²) in [4.78, 5) is 0. The number of nitrogens with one attached hydrogen (secondary N) is 2. The van der Waals surface area contributed by atoms with Gasteiger partial charge in [0.05, 0.1) is 12.8 Å². The maximum Gasteiger partial charge on any atom is 0.187 e. The Bertz CT molecular complexity index is 742. The first-order chi connectivity index (χ1) is 11.5. The van der Waals surface area contributed by atoms with Crippen LogP contribution < -0.4 is 15.5 Å². The number of thiocarbonyl (C=S) groups is 1. The van der Waals surface area contributed by atoms with E-state index in [9.17, 15) is 5.11 Å². The molecular formula is C18H21N3O2S. The lowest BCUT2D eigenvalue weighted by molar-refractivity contribution is 0.414. The van der Waals surface area contributed by atoms with Crippen molar-refractivity contribution in [2.24, 2.45) is 5.10 Å². The Morgan fingerprint density at radius 1 is 1.21 bits per heavy atom. The largest absolute Gasteiger partial charge is 0.507 e. The number of aryl methyl sites for hydroxylation is 1. The number of hydrazone groups is 1. The van der Waals surface area contributed by atoms with E-state index in [2.05, 4.69) is 15.8 Å². The highest BCUT2D eigenvalue weighted by atomic mass is 32.1. The minimum Gasteiger partial charge on any atom is -0.507 e. The molecule has 0 aromatic heterocycles. The van der Waals surface area contributed by atoms with Crippen molar-refractivity contribution < 1.29 is 9.84 Å². The minimum atomic E-state index is 0.195. The Kier molecular flexibility index (Phi) is 6.14. The molecule has 0 radical (unpaired) electrons. The fraction of sp³-hybridized carbons (Fsp3) is 0.222. The molecule has 3 N–H and O–H groups in total. The third kappa shape index (κ3) is 4.96. The Morgan fingerprint density at radius 3 is 2.58 bits per heavy atom. The minimum absolute atomic E-state index is 0.195. The van der Waals surface area contributed by atoms with Gasteiger partial charge in [-0.25, -0.2) is 0 Å². The molecule has 5 nitrogen and oxygen atoms in total. The first-order valence-corrected chi connectivity index (χ1v) is 7.91. The van der Waals surface area contributed by atoms with Gasteiger partial charge in [0.25, 0.3) is 0 Å². The van der Waals surface area contributed by atoms with Crippen molar-refractivity contribution in [1.82, 2.24) is 10.7 Å². The van der Waals surface area contributed by atoms with E-state index in [0.717, 1.165) is 16.9 Å². The zero-order valence-corrected chi connectivity index (χ0v) is 14.8. The molecule has 0 atom stereocenters. The van der Waals surface area contributed by atoms with Crippen LogP contribution in [0.1, 0.15) is 23.6 Å². The Balaban J connectivity index is 1.90. The van der Waals surface area contributed by atoms with Crippen LogP contribution in [-0.2, 0) is 6.54 Å². The number of ether oxygens (including phenoxy) is 1. The molecule has 0 saturated carbocycles. The molecule has 0 heterocycles. The van der Waals surface area contributed by atoms with Gasteiger partial charge in [-0.05, 0) is 55.9 Å². The average Bonchev–Trinajstić information content (AvgIpc) is 2.60. The summed E-state index contributed by atoms with van der Waals surface area (Å²) in [6.45, 7) is 4.36. The molecule has 0 spiro atoms. The van der Waals surface area contributed by atoms with Gasteiger partial charge in [-0.1, -0.05) is 23.8 Å². The van der Waals surface area contributed by atoms with Crippen LogP contribution in [0.4, 0.5) is 0 Å². The fourth-order valence-electron chi connectivity index (χ4n) is 2.10. The van der Waals surface area contributed by atoms with Gasteiger partial charge in [0, 0.05) is 12.1 Å². The lowest BCUT2D eigenvalue weighted by Crippen LogP contribution is -2.32. The first kappa shape index (κ1) is 17.7. The first-order valence-electron chi connectivity index (χ1n) is 7.50. The summed E-state index contributed by atoms with van der Waals surface area (Å²) in [5.41, 5.74) is 6.26. The van der Waals surface area contributed by atoms with Crippen LogP contribution in [0.15, 0.2) is 47.6 Å². The quantitative estimate of drug-likeness (QED) is 0.442. The lowest BCUT2D eigenvalue weighted by Gasteiger charge is -2.09. The number of phenolic OH excluding ortho intramolecular Hbond substituents is 1. The summed E-state index contributed by atoms with van der Waals surface area (Å²) >= 11 is 5.21. The molecule has 0 amide bonds. The van der Waals surface area contributed by atoms with Gasteiger partial charge in [-0.3, -0.25) is 5.43 Å². The molecular weight excluding hydrogens is 322 g/mol. The fourth-order valence-corrected chi connectivity index (χ4v) is 2.22. The maximum absolute atomic E-state index is 9.90. The number of nitrogens with zero attached hydrogens (tertiary/aromatic N) is 1. The standard InChI is InChI=1S/C18H21N3O2S/c1-12-4-9-17(22)16(10-12)13(2)20-21-18(24)19-11-14-5-7-15(23-3)8-6-14/h4-10,22H,11H2,1-3H3,(H2,19,21,24)/b20-13+. The number of benzene rings is 2. The zero-order chi connectivity index (χ0) is 17.5. The second-order valence-electron chi connectivity index (χ2n) is 5.36. The highest BCUT2D eigenvalue weighted by Crippen LogP contribution is 2.18. The molecule has 24 heavy (non-hydrogen) atoms. The second kappa shape index (κ2) is 8.31. The summed E-state index contributed by atoms with van der Waals surface area (Å²) in [7, 11) is 1.64. The van der Waals surface area contributed by atoms with E-state index in [-0.39, 0.29) is 5.75 Å². The van der Waals surface area contributed by atoms with Gasteiger partial charge in [0.1, 0.15) is 11.5 Å². The average molecular weight is 343 g/mol. The van der Waals surface area contributed by atoms with Gasteiger partial charge in [-0.15, -0.1) is 0 Å². The number of rotatable bonds is 5. The number of phenols is 1. The molecule has 0 unspecified atom stereocenters. The van der Waals surface area contributed by atoms with Crippen molar-refractivity contribution in [3.63, 3.8) is 0 Å². The van der Waals surface area contributed by atoms with Crippen LogP contribution in [0.2, 0.25) is 0 Å². The summed E-state index contributed by atoms with van der Waals surface area (Å²) in [6.07, 6.45) is 0. The molecule has 0 aliphatic rings. The van der Waals surface area contributed by atoms with Crippen molar-refractivity contribution >= 4 is 23.0 Å². The van der Waals surface area contributed by atoms with Crippen molar-refractivity contribution in [3.05, 3.63) is 59.2 Å². The van der Waals surface area contributed by atoms with Gasteiger partial charge < -0.3 is 15.2 Å². The molecule has 0 aliphatic carbocycles. The predicted molar refractivity (Wildman–Crippen MR) is 101 cm³/mol. The van der Waals surface area contributed by atoms with Crippen molar-refractivity contribution in [2.45, 2.75) is 20.4 Å². The Morgan fingerprint density at radius 2 is 1.92 bits per heavy atom. The summed E-state index contributed by atoms with van der Waals surface area (Å²) < 4.78 is 5.12. The normalized spacial score (nSPS) is 11.0. The molecule has 0 bridgehead atoms. The van der Waals surface area contributed by atoms with Crippen LogP contribution in [0.3, 0.4) is 0 Å². The summed E-state index contributed by atoms with van der Waals surface area (Å²) in [5, 5.41) is 17.6. The summed E-state index contributed by atoms with van der Waals surface area (Å²) in [6, 6.07) is 13.1. The van der Waals surface area contributed by atoms with Crippen LogP contribution in [0.5, 0.6) is 11.5 Å². The van der Waals surface area contributed by atoms with Crippen LogP contribution in [0.25, 0.3) is 0 Å². The third-order valence-corrected chi connectivity index (χ3v) is 3.71. The second-order valence-corrected chi connectivity index (χ2v) is 5.77. The Labute approximate surface area is 147 Å². The van der Waals surface area contributed by atoms with Crippen molar-refractivity contribution in [3.8, 4) is 11.5 Å². The van der Waals surface area contributed by atoms with Crippen molar-refractivity contribution in [2.75, 3.05) is 7.11 Å². The van der Waals surface area contributed by atoms with Crippen LogP contribution >= 0.6 is 12.2 Å².